The highest BCUT2D eigenvalue weighted by molar-refractivity contribution is 7.91. The van der Waals surface area contributed by atoms with Gasteiger partial charge in [-0.2, -0.15) is 0 Å². The third kappa shape index (κ3) is 3.85. The van der Waals surface area contributed by atoms with Crippen LogP contribution in [-0.2, 0) is 9.84 Å². The van der Waals surface area contributed by atoms with Crippen molar-refractivity contribution in [3.05, 3.63) is 53.4 Å². The molecule has 1 N–H and O–H groups in total. The summed E-state index contributed by atoms with van der Waals surface area (Å²) in [5.41, 5.74) is 0. The van der Waals surface area contributed by atoms with Crippen LogP contribution in [-0.4, -0.2) is 20.7 Å². The van der Waals surface area contributed by atoms with E-state index in [1.54, 1.807) is 24.5 Å². The van der Waals surface area contributed by atoms with Crippen molar-refractivity contribution >= 4 is 21.4 Å². The molecular weight excluding hydrogens is 298 g/mol. The van der Waals surface area contributed by atoms with Crippen LogP contribution in [0, 0.1) is 0 Å². The van der Waals surface area contributed by atoms with Gasteiger partial charge in [-0.3, -0.25) is 0 Å². The fourth-order valence-electron chi connectivity index (χ4n) is 1.81. The minimum absolute atomic E-state index is 0.0228. The van der Waals surface area contributed by atoms with Gasteiger partial charge in [0.05, 0.1) is 23.0 Å². The Morgan fingerprint density at radius 3 is 2.55 bits per heavy atom. The lowest BCUT2D eigenvalue weighted by molar-refractivity contribution is 0.437. The molecule has 4 nitrogen and oxygen atoms in total. The van der Waals surface area contributed by atoms with E-state index in [1.807, 2.05) is 13.0 Å². The number of benzene rings is 1. The normalized spacial score (nSPS) is 13.3. The molecule has 0 aliphatic heterocycles. The molecule has 1 heterocycles. The van der Waals surface area contributed by atoms with Crippen LogP contribution in [0.5, 0.6) is 0 Å². The van der Waals surface area contributed by atoms with Gasteiger partial charge in [-0.05, 0) is 43.3 Å². The average Bonchev–Trinajstić information content (AvgIpc) is 2.93. The molecule has 2 aromatic rings. The Morgan fingerprint density at radius 1 is 1.25 bits per heavy atom. The van der Waals surface area contributed by atoms with Gasteiger partial charge in [-0.25, -0.2) is 8.42 Å². The summed E-state index contributed by atoms with van der Waals surface area (Å²) in [6, 6.07) is 9.83. The second-order valence-corrected chi connectivity index (χ2v) is 7.01. The summed E-state index contributed by atoms with van der Waals surface area (Å²) in [5.74, 6) is 0.813. The summed E-state index contributed by atoms with van der Waals surface area (Å²) in [4.78, 5) is 0.286. The maximum absolute atomic E-state index is 12.1. The second-order valence-electron chi connectivity index (χ2n) is 4.46. The molecule has 108 valence electrons. The molecule has 1 atom stereocenters. The van der Waals surface area contributed by atoms with Gasteiger partial charge in [0.15, 0.2) is 9.84 Å². The molecule has 0 saturated heterocycles. The van der Waals surface area contributed by atoms with Crippen LogP contribution in [0.25, 0.3) is 0 Å². The molecule has 0 spiro atoms. The number of halogens is 1. The van der Waals surface area contributed by atoms with Crippen molar-refractivity contribution in [2.45, 2.75) is 17.9 Å². The molecule has 0 fully saturated rings. The first-order valence-electron chi connectivity index (χ1n) is 6.24. The summed E-state index contributed by atoms with van der Waals surface area (Å²) < 4.78 is 29.5. The van der Waals surface area contributed by atoms with Crippen LogP contribution >= 0.6 is 11.6 Å². The molecule has 20 heavy (non-hydrogen) atoms. The van der Waals surface area contributed by atoms with Crippen molar-refractivity contribution in [1.29, 1.82) is 0 Å². The van der Waals surface area contributed by atoms with Gasteiger partial charge >= 0.3 is 0 Å². The average molecular weight is 314 g/mol. The molecule has 0 amide bonds. The summed E-state index contributed by atoms with van der Waals surface area (Å²) in [5, 5.41) is 3.65. The topological polar surface area (TPSA) is 59.3 Å². The lowest BCUT2D eigenvalue weighted by atomic mass is 10.2. The zero-order chi connectivity index (χ0) is 14.6. The fraction of sp³-hybridized carbons (Fsp3) is 0.286. The van der Waals surface area contributed by atoms with Gasteiger partial charge in [0.25, 0.3) is 0 Å². The van der Waals surface area contributed by atoms with Crippen molar-refractivity contribution in [2.75, 3.05) is 12.3 Å². The monoisotopic (exact) mass is 313 g/mol. The van der Waals surface area contributed by atoms with Crippen LogP contribution in [0.2, 0.25) is 5.02 Å². The fourth-order valence-corrected chi connectivity index (χ4v) is 3.11. The Labute approximate surface area is 123 Å². The van der Waals surface area contributed by atoms with Crippen molar-refractivity contribution < 1.29 is 12.8 Å². The van der Waals surface area contributed by atoms with Gasteiger partial charge < -0.3 is 9.73 Å². The molecule has 1 aromatic heterocycles. The van der Waals surface area contributed by atoms with Gasteiger partial charge in [-0.1, -0.05) is 11.6 Å². The van der Waals surface area contributed by atoms with E-state index in [2.05, 4.69) is 5.32 Å². The van der Waals surface area contributed by atoms with E-state index in [0.29, 0.717) is 11.6 Å². The summed E-state index contributed by atoms with van der Waals surface area (Å²) in [6.45, 7) is 2.28. The maximum Gasteiger partial charge on any atom is 0.179 e. The summed E-state index contributed by atoms with van der Waals surface area (Å²) in [7, 11) is -3.29. The standard InChI is InChI=1S/C14H16ClNO3S/c1-11(14-3-2-9-19-14)16-8-10-20(17,18)13-6-4-12(15)5-7-13/h2-7,9,11,16H,8,10H2,1H3. The van der Waals surface area contributed by atoms with E-state index in [-0.39, 0.29) is 16.7 Å². The Hall–Kier alpha value is -1.30. The summed E-state index contributed by atoms with van der Waals surface area (Å²) >= 11 is 5.75. The third-order valence-corrected chi connectivity index (χ3v) is 4.95. The molecule has 0 bridgehead atoms. The Balaban J connectivity index is 1.91. The minimum Gasteiger partial charge on any atom is -0.468 e. The largest absolute Gasteiger partial charge is 0.468 e. The molecule has 1 unspecified atom stereocenters. The lowest BCUT2D eigenvalue weighted by Crippen LogP contribution is -2.25. The predicted molar refractivity (Wildman–Crippen MR) is 78.6 cm³/mol. The quantitative estimate of drug-likeness (QED) is 0.890. The molecular formula is C14H16ClNO3S. The molecule has 6 heteroatoms. The van der Waals surface area contributed by atoms with Crippen LogP contribution in [0.15, 0.2) is 52.0 Å². The van der Waals surface area contributed by atoms with Crippen LogP contribution in [0.4, 0.5) is 0 Å². The van der Waals surface area contributed by atoms with Crippen LogP contribution in [0.1, 0.15) is 18.7 Å². The SMILES string of the molecule is CC(NCCS(=O)(=O)c1ccc(Cl)cc1)c1ccco1. The summed E-state index contributed by atoms with van der Waals surface area (Å²) in [6.07, 6.45) is 1.60. The van der Waals surface area contributed by atoms with Crippen molar-refractivity contribution in [3.63, 3.8) is 0 Å². The Bertz CT molecular complexity index is 636. The third-order valence-electron chi connectivity index (χ3n) is 2.96. The van der Waals surface area contributed by atoms with Crippen LogP contribution < -0.4 is 5.32 Å². The second kappa shape index (κ2) is 6.43. The molecule has 0 saturated carbocycles. The molecule has 2 rings (SSSR count). The first kappa shape index (κ1) is 15.1. The number of sulfone groups is 1. The Kier molecular flexibility index (Phi) is 4.86. The lowest BCUT2D eigenvalue weighted by Gasteiger charge is -2.11. The van der Waals surface area contributed by atoms with Gasteiger partial charge in [0.2, 0.25) is 0 Å². The molecule has 0 radical (unpaired) electrons. The van der Waals surface area contributed by atoms with E-state index in [4.69, 9.17) is 16.0 Å². The highest BCUT2D eigenvalue weighted by Crippen LogP contribution is 2.16. The highest BCUT2D eigenvalue weighted by atomic mass is 35.5. The predicted octanol–water partition coefficient (Wildman–Crippen LogP) is 3.06. The number of rotatable bonds is 6. The van der Waals surface area contributed by atoms with Crippen molar-refractivity contribution in [2.24, 2.45) is 0 Å². The number of hydrogen-bond donors (Lipinski definition) is 1. The van der Waals surface area contributed by atoms with Gasteiger partial charge in [-0.15, -0.1) is 0 Å². The van der Waals surface area contributed by atoms with Crippen LogP contribution in [0.3, 0.4) is 0 Å². The van der Waals surface area contributed by atoms with E-state index in [9.17, 15) is 8.42 Å². The smallest absolute Gasteiger partial charge is 0.179 e. The molecule has 1 aromatic carbocycles. The van der Waals surface area contributed by atoms with Gasteiger partial charge in [0.1, 0.15) is 5.76 Å². The molecule has 0 aliphatic carbocycles. The van der Waals surface area contributed by atoms with E-state index >= 15 is 0 Å². The zero-order valence-electron chi connectivity index (χ0n) is 11.0. The number of furan rings is 1. The van der Waals surface area contributed by atoms with Crippen molar-refractivity contribution in [1.82, 2.24) is 5.32 Å². The van der Waals surface area contributed by atoms with Gasteiger partial charge in [0, 0.05) is 11.6 Å². The zero-order valence-corrected chi connectivity index (χ0v) is 12.6. The first-order chi connectivity index (χ1) is 9.49. The van der Waals surface area contributed by atoms with Crippen molar-refractivity contribution in [3.8, 4) is 0 Å². The highest BCUT2D eigenvalue weighted by Gasteiger charge is 2.15. The maximum atomic E-state index is 12.1. The first-order valence-corrected chi connectivity index (χ1v) is 8.27. The Morgan fingerprint density at radius 2 is 1.95 bits per heavy atom. The number of hydrogen-bond acceptors (Lipinski definition) is 4. The minimum atomic E-state index is -3.29. The van der Waals surface area contributed by atoms with E-state index < -0.39 is 9.84 Å². The van der Waals surface area contributed by atoms with E-state index in [0.717, 1.165) is 5.76 Å². The molecule has 0 aliphatic rings. The number of nitrogens with one attached hydrogen (secondary N) is 1. The van der Waals surface area contributed by atoms with E-state index in [1.165, 1.54) is 12.1 Å².